The summed E-state index contributed by atoms with van der Waals surface area (Å²) in [5.74, 6) is 0. The molecule has 0 saturated heterocycles. The second-order valence-corrected chi connectivity index (χ2v) is 8.55. The Bertz CT molecular complexity index is 860. The number of hydrogen-bond donors (Lipinski definition) is 2. The number of aliphatic hydroxyl groups is 1. The van der Waals surface area contributed by atoms with Crippen LogP contribution in [0.4, 0.5) is 13.2 Å². The molecular weight excluding hydrogens is 439 g/mol. The summed E-state index contributed by atoms with van der Waals surface area (Å²) in [7, 11) is 1.51. The van der Waals surface area contributed by atoms with Gasteiger partial charge >= 0.3 is 6.18 Å². The summed E-state index contributed by atoms with van der Waals surface area (Å²) in [5, 5.41) is 12.6. The third kappa shape index (κ3) is 6.63. The number of methoxy groups -OCH3 is 1. The fourth-order valence-electron chi connectivity index (χ4n) is 2.83. The average molecular weight is 462 g/mol. The van der Waals surface area contributed by atoms with E-state index in [9.17, 15) is 23.1 Å². The summed E-state index contributed by atoms with van der Waals surface area (Å²) in [6.45, 7) is 1.60. The number of aliphatic hydroxyl groups excluding tert-OH is 1. The minimum atomic E-state index is -4.41. The average Bonchev–Trinajstić information content (AvgIpc) is 2.71. The number of benzene rings is 2. The van der Waals surface area contributed by atoms with Crippen LogP contribution < -0.4 is 5.32 Å². The lowest BCUT2D eigenvalue weighted by atomic mass is 9.94. The Morgan fingerprint density at radius 2 is 1.93 bits per heavy atom. The fraction of sp³-hybridized carbons (Fsp3) is 0.381. The highest BCUT2D eigenvalue weighted by molar-refractivity contribution is 7.99. The van der Waals surface area contributed by atoms with Crippen LogP contribution in [0.5, 0.6) is 0 Å². The highest BCUT2D eigenvalue weighted by atomic mass is 35.5. The monoisotopic (exact) mass is 461 g/mol. The number of alkyl halides is 3. The molecule has 2 rings (SSSR count). The topological polar surface area (TPSA) is 58.6 Å². The maximum atomic E-state index is 12.9. The van der Waals surface area contributed by atoms with Crippen LogP contribution >= 0.6 is 23.4 Å². The fourth-order valence-corrected chi connectivity index (χ4v) is 4.13. The van der Waals surface area contributed by atoms with Crippen LogP contribution in [0.1, 0.15) is 36.9 Å². The minimum Gasteiger partial charge on any atom is -0.393 e. The van der Waals surface area contributed by atoms with E-state index in [4.69, 9.17) is 16.3 Å². The van der Waals surface area contributed by atoms with Crippen LogP contribution in [0.3, 0.4) is 0 Å². The molecule has 0 aromatic heterocycles. The van der Waals surface area contributed by atoms with Gasteiger partial charge in [-0.1, -0.05) is 35.5 Å². The molecule has 0 aliphatic carbocycles. The van der Waals surface area contributed by atoms with Gasteiger partial charge in [0.15, 0.2) is 0 Å². The molecule has 2 aromatic rings. The molecule has 0 bridgehead atoms. The van der Waals surface area contributed by atoms with Gasteiger partial charge in [-0.2, -0.15) is 13.2 Å². The van der Waals surface area contributed by atoms with E-state index < -0.39 is 23.4 Å². The van der Waals surface area contributed by atoms with Gasteiger partial charge in [0.2, 0.25) is 6.41 Å². The third-order valence-electron chi connectivity index (χ3n) is 4.80. The smallest absolute Gasteiger partial charge is 0.393 e. The summed E-state index contributed by atoms with van der Waals surface area (Å²) in [5.41, 5.74) is -0.779. The van der Waals surface area contributed by atoms with Gasteiger partial charge in [0.25, 0.3) is 0 Å². The number of rotatable bonds is 10. The Hall–Kier alpha value is -1.74. The van der Waals surface area contributed by atoms with Crippen molar-refractivity contribution in [2.45, 2.75) is 47.4 Å². The van der Waals surface area contributed by atoms with Gasteiger partial charge in [-0.15, -0.1) is 0 Å². The molecule has 0 aliphatic rings. The van der Waals surface area contributed by atoms with E-state index in [0.717, 1.165) is 23.9 Å². The quantitative estimate of drug-likeness (QED) is 0.460. The molecule has 164 valence electrons. The number of amides is 1. The Morgan fingerprint density at radius 1 is 1.23 bits per heavy atom. The van der Waals surface area contributed by atoms with Crippen molar-refractivity contribution in [1.29, 1.82) is 0 Å². The van der Waals surface area contributed by atoms with E-state index >= 15 is 0 Å². The van der Waals surface area contributed by atoms with Crippen molar-refractivity contribution in [3.05, 3.63) is 58.6 Å². The number of carbonyl (C=O) groups is 1. The molecule has 0 saturated carbocycles. The van der Waals surface area contributed by atoms with Crippen LogP contribution in [-0.2, 0) is 15.7 Å². The molecule has 9 heteroatoms. The molecule has 4 nitrogen and oxygen atoms in total. The first-order valence-corrected chi connectivity index (χ1v) is 10.3. The van der Waals surface area contributed by atoms with E-state index in [1.54, 1.807) is 31.2 Å². The lowest BCUT2D eigenvalue weighted by Crippen LogP contribution is -2.33. The summed E-state index contributed by atoms with van der Waals surface area (Å²) >= 11 is 7.58. The van der Waals surface area contributed by atoms with E-state index in [0.29, 0.717) is 39.6 Å². The molecule has 0 fully saturated rings. The molecular formula is C21H23ClF3NO3S. The van der Waals surface area contributed by atoms with Crippen LogP contribution in [0, 0.1) is 0 Å². The number of ether oxygens (including phenoxy) is 1. The molecule has 2 aromatic carbocycles. The second kappa shape index (κ2) is 10.5. The van der Waals surface area contributed by atoms with Crippen molar-refractivity contribution < 1.29 is 27.8 Å². The Labute approximate surface area is 182 Å². The first-order chi connectivity index (χ1) is 14.1. The summed E-state index contributed by atoms with van der Waals surface area (Å²) < 4.78 is 44.0. The zero-order valence-corrected chi connectivity index (χ0v) is 18.1. The maximum Gasteiger partial charge on any atom is 0.416 e. The lowest BCUT2D eigenvalue weighted by molar-refractivity contribution is -0.137. The standard InChI is InChI=1S/C21H23ClF3NO3S/c1-20(12-27,29-2)9-8-19(26-13-28)17-7-6-16(11-18(17)22)30-15-5-3-4-14(10-15)21(23,24)25/h3-7,10-11,13,19,27H,8-9,12H2,1-2H3,(H,26,28). The third-order valence-corrected chi connectivity index (χ3v) is 6.11. The van der Waals surface area contributed by atoms with Crippen LogP contribution in [0.25, 0.3) is 0 Å². The molecule has 2 N–H and O–H groups in total. The van der Waals surface area contributed by atoms with Gasteiger partial charge in [0.1, 0.15) is 0 Å². The molecule has 2 atom stereocenters. The normalized spacial score (nSPS) is 14.8. The van der Waals surface area contributed by atoms with Crippen molar-refractivity contribution >= 4 is 29.8 Å². The molecule has 0 spiro atoms. The highest BCUT2D eigenvalue weighted by Gasteiger charge is 2.30. The van der Waals surface area contributed by atoms with Gasteiger partial charge in [-0.25, -0.2) is 0 Å². The zero-order valence-electron chi connectivity index (χ0n) is 16.5. The summed E-state index contributed by atoms with van der Waals surface area (Å²) in [6.07, 6.45) is -2.88. The number of carbonyl (C=O) groups excluding carboxylic acids is 1. The van der Waals surface area contributed by atoms with E-state index in [1.165, 1.54) is 13.2 Å². The summed E-state index contributed by atoms with van der Waals surface area (Å²) in [6, 6.07) is 9.81. The SMILES string of the molecule is COC(C)(CO)CCC(NC=O)c1ccc(Sc2cccc(C(F)(F)F)c2)cc1Cl. The van der Waals surface area contributed by atoms with Crippen LogP contribution in [0.2, 0.25) is 5.02 Å². The van der Waals surface area contributed by atoms with Crippen molar-refractivity contribution in [3.63, 3.8) is 0 Å². The first-order valence-electron chi connectivity index (χ1n) is 9.12. The maximum absolute atomic E-state index is 12.9. The molecule has 0 heterocycles. The van der Waals surface area contributed by atoms with Gasteiger partial charge in [-0.05, 0) is 55.7 Å². The Kier molecular flexibility index (Phi) is 8.61. The number of hydrogen-bond acceptors (Lipinski definition) is 4. The molecule has 30 heavy (non-hydrogen) atoms. The molecule has 0 aliphatic heterocycles. The summed E-state index contributed by atoms with van der Waals surface area (Å²) in [4.78, 5) is 12.2. The molecule has 2 unspecified atom stereocenters. The largest absolute Gasteiger partial charge is 0.416 e. The van der Waals surface area contributed by atoms with E-state index in [1.807, 2.05) is 0 Å². The predicted octanol–water partition coefficient (Wildman–Crippen LogP) is 5.47. The van der Waals surface area contributed by atoms with Crippen molar-refractivity contribution in [2.75, 3.05) is 13.7 Å². The second-order valence-electron chi connectivity index (χ2n) is 7.00. The van der Waals surface area contributed by atoms with Gasteiger partial charge in [0.05, 0.1) is 23.8 Å². The van der Waals surface area contributed by atoms with Crippen LogP contribution in [0.15, 0.2) is 52.3 Å². The predicted molar refractivity (Wildman–Crippen MR) is 111 cm³/mol. The van der Waals surface area contributed by atoms with Crippen molar-refractivity contribution in [2.24, 2.45) is 0 Å². The van der Waals surface area contributed by atoms with Gasteiger partial charge in [0, 0.05) is 21.9 Å². The first kappa shape index (κ1) is 24.5. The van der Waals surface area contributed by atoms with Crippen molar-refractivity contribution in [1.82, 2.24) is 5.32 Å². The zero-order chi connectivity index (χ0) is 22.4. The van der Waals surface area contributed by atoms with Gasteiger partial charge in [-0.3, -0.25) is 4.79 Å². The van der Waals surface area contributed by atoms with Crippen molar-refractivity contribution in [3.8, 4) is 0 Å². The Balaban J connectivity index is 2.19. The van der Waals surface area contributed by atoms with Gasteiger partial charge < -0.3 is 15.2 Å². The lowest BCUT2D eigenvalue weighted by Gasteiger charge is -2.28. The molecule has 1 amide bonds. The highest BCUT2D eigenvalue weighted by Crippen LogP contribution is 2.37. The minimum absolute atomic E-state index is 0.169. The number of nitrogens with one attached hydrogen (secondary N) is 1. The van der Waals surface area contributed by atoms with E-state index in [-0.39, 0.29) is 6.61 Å². The molecule has 0 radical (unpaired) electrons. The number of halogens is 4. The Morgan fingerprint density at radius 3 is 2.50 bits per heavy atom. The van der Waals surface area contributed by atoms with E-state index in [2.05, 4.69) is 5.32 Å². The van der Waals surface area contributed by atoms with Crippen LogP contribution in [-0.4, -0.2) is 30.8 Å².